The quantitative estimate of drug-likeness (QED) is 0.517. The summed E-state index contributed by atoms with van der Waals surface area (Å²) in [6, 6.07) is 13.5. The molecule has 0 saturated carbocycles. The predicted molar refractivity (Wildman–Crippen MR) is 129 cm³/mol. The van der Waals surface area contributed by atoms with Gasteiger partial charge in [-0.15, -0.1) is 0 Å². The van der Waals surface area contributed by atoms with Crippen LogP contribution in [0.5, 0.6) is 0 Å². The largest absolute Gasteiger partial charge is 0.465 e. The van der Waals surface area contributed by atoms with Crippen LogP contribution in [0.25, 0.3) is 0 Å². The Morgan fingerprint density at radius 2 is 1.82 bits per heavy atom. The average Bonchev–Trinajstić information content (AvgIpc) is 2.84. The Labute approximate surface area is 195 Å². The van der Waals surface area contributed by atoms with Crippen LogP contribution in [0.3, 0.4) is 0 Å². The average molecular weight is 449 g/mol. The van der Waals surface area contributed by atoms with Crippen LogP contribution in [-0.2, 0) is 22.5 Å². The van der Waals surface area contributed by atoms with Crippen LogP contribution in [0.1, 0.15) is 53.2 Å². The fraction of sp³-hybridized carbons (Fsp3) is 0.423. The number of ether oxygens (including phenoxy) is 1. The molecule has 2 aromatic rings. The number of nitrogens with one attached hydrogen (secondary N) is 1. The number of carbonyl (C=O) groups is 2. The zero-order chi connectivity index (χ0) is 23.0. The van der Waals surface area contributed by atoms with Gasteiger partial charge in [-0.1, -0.05) is 18.2 Å². The number of amides is 1. The second-order valence-electron chi connectivity index (χ2n) is 8.58. The molecule has 4 rings (SSSR count). The highest BCUT2D eigenvalue weighted by atomic mass is 16.5. The molecule has 2 aliphatic heterocycles. The Kier molecular flexibility index (Phi) is 7.73. The Hall–Kier alpha value is -3.19. The maximum absolute atomic E-state index is 12.8. The molecule has 0 unspecified atom stereocenters. The van der Waals surface area contributed by atoms with Gasteiger partial charge in [0.1, 0.15) is 0 Å². The standard InChI is InChI=1S/C26H32N4O3/c1-2-33-25(31)19-29-15-12-21-16-22(8-9-23(21)18-29)26(32)28-24-10-6-20(7-11-24)17-27-30-13-4-3-5-14-30/h6-11,16-17H,2-5,12-15,18-19H2,1H3,(H,28,32)/b27-17+. The first kappa shape index (κ1) is 23.0. The fourth-order valence-corrected chi connectivity index (χ4v) is 4.27. The number of piperidine rings is 1. The zero-order valence-corrected chi connectivity index (χ0v) is 19.3. The van der Waals surface area contributed by atoms with Gasteiger partial charge < -0.3 is 10.1 Å². The van der Waals surface area contributed by atoms with Gasteiger partial charge in [0.25, 0.3) is 5.91 Å². The highest BCUT2D eigenvalue weighted by Crippen LogP contribution is 2.21. The van der Waals surface area contributed by atoms with E-state index in [1.54, 1.807) is 0 Å². The van der Waals surface area contributed by atoms with Gasteiger partial charge in [0.15, 0.2) is 0 Å². The lowest BCUT2D eigenvalue weighted by Crippen LogP contribution is -2.35. The molecule has 2 aliphatic rings. The normalized spacial score (nSPS) is 16.5. The minimum atomic E-state index is -0.194. The van der Waals surface area contributed by atoms with Crippen molar-refractivity contribution >= 4 is 23.8 Å². The monoisotopic (exact) mass is 448 g/mol. The molecule has 1 amide bonds. The van der Waals surface area contributed by atoms with Crippen molar-refractivity contribution < 1.29 is 14.3 Å². The summed E-state index contributed by atoms with van der Waals surface area (Å²) in [5, 5.41) is 9.65. The van der Waals surface area contributed by atoms with Gasteiger partial charge in [-0.2, -0.15) is 5.10 Å². The molecule has 33 heavy (non-hydrogen) atoms. The highest BCUT2D eigenvalue weighted by Gasteiger charge is 2.20. The summed E-state index contributed by atoms with van der Waals surface area (Å²) in [4.78, 5) is 26.6. The Morgan fingerprint density at radius 3 is 2.58 bits per heavy atom. The number of hydrogen-bond donors (Lipinski definition) is 1. The van der Waals surface area contributed by atoms with E-state index < -0.39 is 0 Å². The van der Waals surface area contributed by atoms with Gasteiger partial charge in [-0.05, 0) is 73.6 Å². The van der Waals surface area contributed by atoms with Gasteiger partial charge >= 0.3 is 5.97 Å². The SMILES string of the molecule is CCOC(=O)CN1CCc2cc(C(=O)Nc3ccc(/C=N/N4CCCCC4)cc3)ccc2C1. The first-order valence-corrected chi connectivity index (χ1v) is 11.8. The minimum absolute atomic E-state index is 0.124. The topological polar surface area (TPSA) is 74.2 Å². The van der Waals surface area contributed by atoms with E-state index in [-0.39, 0.29) is 11.9 Å². The molecule has 7 nitrogen and oxygen atoms in total. The third kappa shape index (κ3) is 6.42. The Bertz CT molecular complexity index is 997. The van der Waals surface area contributed by atoms with Crippen molar-refractivity contribution in [2.45, 2.75) is 39.2 Å². The number of anilines is 1. The fourth-order valence-electron chi connectivity index (χ4n) is 4.27. The second-order valence-corrected chi connectivity index (χ2v) is 8.58. The molecule has 1 fully saturated rings. The maximum atomic E-state index is 12.8. The molecule has 7 heteroatoms. The molecule has 174 valence electrons. The molecule has 2 heterocycles. The van der Waals surface area contributed by atoms with E-state index in [9.17, 15) is 9.59 Å². The summed E-state index contributed by atoms with van der Waals surface area (Å²) in [5.41, 5.74) is 4.72. The number of carbonyl (C=O) groups excluding carboxylic acids is 2. The molecule has 2 aromatic carbocycles. The molecule has 0 radical (unpaired) electrons. The van der Waals surface area contributed by atoms with Gasteiger partial charge in [0, 0.05) is 37.4 Å². The van der Waals surface area contributed by atoms with Crippen molar-refractivity contribution in [3.05, 3.63) is 64.7 Å². The molecule has 0 bridgehead atoms. The smallest absolute Gasteiger partial charge is 0.320 e. The van der Waals surface area contributed by atoms with Crippen molar-refractivity contribution in [1.29, 1.82) is 0 Å². The number of hydrazone groups is 1. The van der Waals surface area contributed by atoms with Crippen LogP contribution in [-0.4, -0.2) is 60.8 Å². The predicted octanol–water partition coefficient (Wildman–Crippen LogP) is 3.68. The summed E-state index contributed by atoms with van der Waals surface area (Å²) in [6.45, 7) is 6.03. The van der Waals surface area contributed by atoms with Gasteiger partial charge in [0.05, 0.1) is 19.4 Å². The van der Waals surface area contributed by atoms with E-state index in [2.05, 4.69) is 20.3 Å². The number of rotatable bonds is 7. The number of benzene rings is 2. The Balaban J connectivity index is 1.32. The lowest BCUT2D eigenvalue weighted by Gasteiger charge is -2.28. The first-order chi connectivity index (χ1) is 16.1. The number of fused-ring (bicyclic) bond motifs is 1. The summed E-state index contributed by atoms with van der Waals surface area (Å²) >= 11 is 0. The van der Waals surface area contributed by atoms with Gasteiger partial charge in [0.2, 0.25) is 0 Å². The molecule has 0 aliphatic carbocycles. The van der Waals surface area contributed by atoms with Crippen molar-refractivity contribution in [2.75, 3.05) is 38.1 Å². The second kappa shape index (κ2) is 11.1. The summed E-state index contributed by atoms with van der Waals surface area (Å²) in [5.74, 6) is -0.317. The molecular weight excluding hydrogens is 416 g/mol. The molecular formula is C26H32N4O3. The van der Waals surface area contributed by atoms with E-state index in [0.717, 1.165) is 48.4 Å². The van der Waals surface area contributed by atoms with Crippen LogP contribution in [0.4, 0.5) is 5.69 Å². The van der Waals surface area contributed by atoms with Crippen molar-refractivity contribution in [2.24, 2.45) is 5.10 Å². The van der Waals surface area contributed by atoms with Crippen LogP contribution in [0.2, 0.25) is 0 Å². The number of hydrogen-bond acceptors (Lipinski definition) is 6. The third-order valence-electron chi connectivity index (χ3n) is 6.09. The van der Waals surface area contributed by atoms with Crippen molar-refractivity contribution in [3.8, 4) is 0 Å². The van der Waals surface area contributed by atoms with Crippen LogP contribution in [0.15, 0.2) is 47.6 Å². The van der Waals surface area contributed by atoms with E-state index in [1.807, 2.05) is 55.6 Å². The van der Waals surface area contributed by atoms with E-state index in [1.165, 1.54) is 19.3 Å². The van der Waals surface area contributed by atoms with Gasteiger partial charge in [-0.3, -0.25) is 19.5 Å². The van der Waals surface area contributed by atoms with E-state index in [0.29, 0.717) is 25.3 Å². The van der Waals surface area contributed by atoms with Crippen LogP contribution >= 0.6 is 0 Å². The van der Waals surface area contributed by atoms with Crippen LogP contribution < -0.4 is 5.32 Å². The molecule has 1 N–H and O–H groups in total. The van der Waals surface area contributed by atoms with Crippen molar-refractivity contribution in [3.63, 3.8) is 0 Å². The number of esters is 1. The Morgan fingerprint density at radius 1 is 1.03 bits per heavy atom. The summed E-state index contributed by atoms with van der Waals surface area (Å²) in [6.07, 6.45) is 6.39. The first-order valence-electron chi connectivity index (χ1n) is 11.8. The number of nitrogens with zero attached hydrogens (tertiary/aromatic N) is 3. The zero-order valence-electron chi connectivity index (χ0n) is 19.3. The summed E-state index contributed by atoms with van der Waals surface area (Å²) < 4.78 is 5.05. The highest BCUT2D eigenvalue weighted by molar-refractivity contribution is 6.04. The summed E-state index contributed by atoms with van der Waals surface area (Å²) in [7, 11) is 0. The lowest BCUT2D eigenvalue weighted by molar-refractivity contribution is -0.144. The van der Waals surface area contributed by atoms with E-state index >= 15 is 0 Å². The third-order valence-corrected chi connectivity index (χ3v) is 6.09. The van der Waals surface area contributed by atoms with E-state index in [4.69, 9.17) is 4.74 Å². The minimum Gasteiger partial charge on any atom is -0.465 e. The van der Waals surface area contributed by atoms with Gasteiger partial charge in [-0.25, -0.2) is 0 Å². The van der Waals surface area contributed by atoms with Crippen molar-refractivity contribution in [1.82, 2.24) is 9.91 Å². The molecule has 0 atom stereocenters. The lowest BCUT2D eigenvalue weighted by atomic mass is 9.97. The molecule has 0 spiro atoms. The van der Waals surface area contributed by atoms with Crippen LogP contribution in [0, 0.1) is 0 Å². The maximum Gasteiger partial charge on any atom is 0.320 e. The molecule has 0 aromatic heterocycles. The molecule has 1 saturated heterocycles.